The monoisotopic (exact) mass is 255 g/mol. The number of carbonyl (C=O) groups is 2. The lowest BCUT2D eigenvalue weighted by Gasteiger charge is -2.29. The molecule has 0 bridgehead atoms. The average Bonchev–Trinajstić information content (AvgIpc) is 2.11. The summed E-state index contributed by atoms with van der Waals surface area (Å²) in [5.74, 6) is 0.324. The molecule has 1 rings (SSSR count). The summed E-state index contributed by atoms with van der Waals surface area (Å²) in [5, 5.41) is 2.71. The van der Waals surface area contributed by atoms with E-state index in [1.165, 1.54) is 0 Å². The number of ketones is 1. The molecule has 0 radical (unpaired) electrons. The summed E-state index contributed by atoms with van der Waals surface area (Å²) in [6.07, 6.45) is 4.13. The molecule has 1 N–H and O–H groups in total. The Morgan fingerprint density at radius 3 is 2.33 bits per heavy atom. The van der Waals surface area contributed by atoms with Gasteiger partial charge in [-0.3, -0.25) is 4.79 Å². The van der Waals surface area contributed by atoms with Gasteiger partial charge in [0.15, 0.2) is 5.78 Å². The van der Waals surface area contributed by atoms with Gasteiger partial charge in [0.2, 0.25) is 0 Å². The second-order valence-electron chi connectivity index (χ2n) is 6.02. The Bertz CT molecular complexity index is 303. The van der Waals surface area contributed by atoms with Crippen LogP contribution in [0.15, 0.2) is 0 Å². The predicted molar refractivity (Wildman–Crippen MR) is 70.4 cm³/mol. The molecule has 104 valence electrons. The highest BCUT2D eigenvalue weighted by Gasteiger charge is 2.32. The molecule has 1 fully saturated rings. The minimum Gasteiger partial charge on any atom is -0.444 e. The Labute approximate surface area is 109 Å². The summed E-state index contributed by atoms with van der Waals surface area (Å²) in [6, 6.07) is -0.379. The molecule has 0 aliphatic heterocycles. The van der Waals surface area contributed by atoms with Crippen LogP contribution in [0.3, 0.4) is 0 Å². The van der Waals surface area contributed by atoms with E-state index in [0.29, 0.717) is 6.42 Å². The van der Waals surface area contributed by atoms with Gasteiger partial charge in [0.25, 0.3) is 0 Å². The molecular weight excluding hydrogens is 230 g/mol. The third-order valence-electron chi connectivity index (χ3n) is 3.12. The number of nitrogens with one attached hydrogen (secondary N) is 1. The first kappa shape index (κ1) is 15.0. The van der Waals surface area contributed by atoms with E-state index in [9.17, 15) is 9.59 Å². The fourth-order valence-corrected chi connectivity index (χ4v) is 2.00. The molecule has 1 atom stereocenters. The van der Waals surface area contributed by atoms with E-state index in [-0.39, 0.29) is 17.7 Å². The van der Waals surface area contributed by atoms with Crippen LogP contribution in [0.25, 0.3) is 0 Å². The van der Waals surface area contributed by atoms with Crippen molar-refractivity contribution in [3.63, 3.8) is 0 Å². The molecule has 0 saturated heterocycles. The van der Waals surface area contributed by atoms with Crippen LogP contribution in [-0.4, -0.2) is 23.5 Å². The van der Waals surface area contributed by atoms with Crippen molar-refractivity contribution in [1.29, 1.82) is 0 Å². The van der Waals surface area contributed by atoms with Crippen LogP contribution < -0.4 is 5.32 Å². The molecule has 1 saturated carbocycles. The zero-order chi connectivity index (χ0) is 13.8. The number of carbonyl (C=O) groups excluding carboxylic acids is 2. The maximum Gasteiger partial charge on any atom is 0.408 e. The lowest BCUT2D eigenvalue weighted by atomic mass is 9.79. The Kier molecular flexibility index (Phi) is 5.17. The largest absolute Gasteiger partial charge is 0.444 e. The summed E-state index contributed by atoms with van der Waals surface area (Å²) in [4.78, 5) is 23.8. The fourth-order valence-electron chi connectivity index (χ4n) is 2.00. The van der Waals surface area contributed by atoms with E-state index in [1.807, 2.05) is 27.7 Å². The summed E-state index contributed by atoms with van der Waals surface area (Å²) in [5.41, 5.74) is -0.527. The van der Waals surface area contributed by atoms with E-state index in [4.69, 9.17) is 4.74 Å². The summed E-state index contributed by atoms with van der Waals surface area (Å²) in [6.45, 7) is 7.46. The summed E-state index contributed by atoms with van der Waals surface area (Å²) >= 11 is 0. The van der Waals surface area contributed by atoms with Gasteiger partial charge in [-0.2, -0.15) is 0 Å². The molecule has 18 heavy (non-hydrogen) atoms. The van der Waals surface area contributed by atoms with Crippen LogP contribution in [-0.2, 0) is 9.53 Å². The van der Waals surface area contributed by atoms with Crippen LogP contribution in [0.2, 0.25) is 0 Å². The van der Waals surface area contributed by atoms with Crippen LogP contribution >= 0.6 is 0 Å². The first-order valence-corrected chi connectivity index (χ1v) is 6.86. The smallest absolute Gasteiger partial charge is 0.408 e. The molecule has 0 aromatic rings. The molecule has 4 heteroatoms. The van der Waals surface area contributed by atoms with Crippen molar-refractivity contribution in [3.8, 4) is 0 Å². The first-order chi connectivity index (χ1) is 8.33. The highest BCUT2D eigenvalue weighted by molar-refractivity contribution is 5.89. The highest BCUT2D eigenvalue weighted by Crippen LogP contribution is 2.28. The number of Topliss-reactive ketones (excluding diaryl/α,β-unsaturated/α-hetero) is 1. The Hall–Kier alpha value is -1.06. The Morgan fingerprint density at radius 1 is 1.33 bits per heavy atom. The fraction of sp³-hybridized carbons (Fsp3) is 0.857. The van der Waals surface area contributed by atoms with Crippen molar-refractivity contribution in [3.05, 3.63) is 0 Å². The van der Waals surface area contributed by atoms with Crippen molar-refractivity contribution in [2.24, 2.45) is 5.92 Å². The number of amides is 1. The van der Waals surface area contributed by atoms with Gasteiger partial charge in [-0.1, -0.05) is 19.8 Å². The van der Waals surface area contributed by atoms with Gasteiger partial charge < -0.3 is 10.1 Å². The summed E-state index contributed by atoms with van der Waals surface area (Å²) in [7, 11) is 0. The van der Waals surface area contributed by atoms with Crippen molar-refractivity contribution >= 4 is 11.9 Å². The number of rotatable bonds is 5. The Morgan fingerprint density at radius 2 is 1.94 bits per heavy atom. The van der Waals surface area contributed by atoms with E-state index in [2.05, 4.69) is 5.32 Å². The van der Waals surface area contributed by atoms with Gasteiger partial charge in [0.1, 0.15) is 5.60 Å². The minimum atomic E-state index is -0.527. The van der Waals surface area contributed by atoms with Crippen molar-refractivity contribution in [2.75, 3.05) is 0 Å². The zero-order valence-corrected chi connectivity index (χ0v) is 11.9. The molecule has 1 aliphatic carbocycles. The first-order valence-electron chi connectivity index (χ1n) is 6.86. The van der Waals surface area contributed by atoms with E-state index in [1.54, 1.807) is 0 Å². The molecular formula is C14H25NO3. The third kappa shape index (κ3) is 4.67. The maximum absolute atomic E-state index is 12.1. The average molecular weight is 255 g/mol. The second-order valence-corrected chi connectivity index (χ2v) is 6.02. The number of ether oxygens (including phenoxy) is 1. The zero-order valence-electron chi connectivity index (χ0n) is 11.9. The van der Waals surface area contributed by atoms with Gasteiger partial charge in [-0.15, -0.1) is 0 Å². The Balaban J connectivity index is 2.51. The molecule has 0 aromatic heterocycles. The second kappa shape index (κ2) is 6.21. The maximum atomic E-state index is 12.1. The molecule has 0 spiro atoms. The van der Waals surface area contributed by atoms with Crippen molar-refractivity contribution in [1.82, 2.24) is 5.32 Å². The van der Waals surface area contributed by atoms with Crippen LogP contribution in [0.4, 0.5) is 4.79 Å². The normalized spacial score (nSPS) is 17.8. The van der Waals surface area contributed by atoms with E-state index < -0.39 is 11.7 Å². The van der Waals surface area contributed by atoms with Gasteiger partial charge in [0.05, 0.1) is 6.04 Å². The lowest BCUT2D eigenvalue weighted by Crippen LogP contribution is -2.46. The molecule has 0 heterocycles. The third-order valence-corrected chi connectivity index (χ3v) is 3.12. The van der Waals surface area contributed by atoms with Crippen LogP contribution in [0, 0.1) is 5.92 Å². The number of hydrogen-bond acceptors (Lipinski definition) is 3. The van der Waals surface area contributed by atoms with Crippen molar-refractivity contribution in [2.45, 2.75) is 71.4 Å². The van der Waals surface area contributed by atoms with Gasteiger partial charge in [0, 0.05) is 5.92 Å². The SMILES string of the molecule is CCC[C@H](NC(=O)OC(C)(C)C)C(=O)C1CCC1. The van der Waals surface area contributed by atoms with E-state index in [0.717, 1.165) is 25.7 Å². The summed E-state index contributed by atoms with van der Waals surface area (Å²) < 4.78 is 5.19. The quantitative estimate of drug-likeness (QED) is 0.821. The van der Waals surface area contributed by atoms with Crippen LogP contribution in [0.5, 0.6) is 0 Å². The molecule has 1 amide bonds. The van der Waals surface area contributed by atoms with Crippen molar-refractivity contribution < 1.29 is 14.3 Å². The van der Waals surface area contributed by atoms with E-state index >= 15 is 0 Å². The predicted octanol–water partition coefficient (Wildman–Crippen LogP) is 3.05. The molecule has 4 nitrogen and oxygen atoms in total. The molecule has 0 aromatic carbocycles. The minimum absolute atomic E-state index is 0.150. The number of hydrogen-bond donors (Lipinski definition) is 1. The van der Waals surface area contributed by atoms with Gasteiger partial charge in [-0.25, -0.2) is 4.79 Å². The molecule has 0 unspecified atom stereocenters. The van der Waals surface area contributed by atoms with Gasteiger partial charge in [-0.05, 0) is 40.0 Å². The molecule has 1 aliphatic rings. The highest BCUT2D eigenvalue weighted by atomic mass is 16.6. The number of alkyl carbamates (subject to hydrolysis) is 1. The lowest BCUT2D eigenvalue weighted by molar-refractivity contribution is -0.127. The van der Waals surface area contributed by atoms with Crippen LogP contribution in [0.1, 0.15) is 59.8 Å². The standard InChI is InChI=1S/C14H25NO3/c1-5-7-11(12(16)10-8-6-9-10)15-13(17)18-14(2,3)4/h10-11H,5-9H2,1-4H3,(H,15,17)/t11-/m0/s1. The van der Waals surface area contributed by atoms with Gasteiger partial charge >= 0.3 is 6.09 Å². The topological polar surface area (TPSA) is 55.4 Å².